The van der Waals surface area contributed by atoms with E-state index < -0.39 is 20.8 Å². The van der Waals surface area contributed by atoms with Crippen molar-refractivity contribution in [2.75, 3.05) is 11.9 Å². The Morgan fingerprint density at radius 2 is 1.81 bits per heavy atom. The van der Waals surface area contributed by atoms with Crippen molar-refractivity contribution in [2.45, 2.75) is 26.7 Å². The molecule has 1 atom stereocenters. The van der Waals surface area contributed by atoms with Crippen molar-refractivity contribution in [1.29, 1.82) is 0 Å². The second kappa shape index (κ2) is 9.64. The summed E-state index contributed by atoms with van der Waals surface area (Å²) in [5.74, 6) is 2.38. The van der Waals surface area contributed by atoms with Crippen LogP contribution in [-0.2, 0) is 20.8 Å². The van der Waals surface area contributed by atoms with Crippen LogP contribution >= 0.6 is 17.0 Å². The fraction of sp³-hybridized carbons (Fsp3) is 0.286. The van der Waals surface area contributed by atoms with E-state index in [-0.39, 0.29) is 11.3 Å². The van der Waals surface area contributed by atoms with Gasteiger partial charge in [0, 0.05) is 12.7 Å². The van der Waals surface area contributed by atoms with Crippen molar-refractivity contribution in [2.24, 2.45) is 5.41 Å². The van der Waals surface area contributed by atoms with Gasteiger partial charge < -0.3 is 4.90 Å². The number of benzene rings is 1. The van der Waals surface area contributed by atoms with Gasteiger partial charge in [0.1, 0.15) is 0 Å². The summed E-state index contributed by atoms with van der Waals surface area (Å²) in [7, 11) is 13.8. The predicted molar refractivity (Wildman–Crippen MR) is 115 cm³/mol. The Hall–Kier alpha value is -0.470. The van der Waals surface area contributed by atoms with Crippen LogP contribution in [0.15, 0.2) is 65.3 Å². The quantitative estimate of drug-likeness (QED) is 0.425. The Kier molecular flexibility index (Phi) is 8.09. The third kappa shape index (κ3) is 4.68. The Morgan fingerprint density at radius 3 is 2.38 bits per heavy atom. The summed E-state index contributed by atoms with van der Waals surface area (Å²) >= 11 is -0.826. The van der Waals surface area contributed by atoms with Gasteiger partial charge in [-0.15, -0.1) is 6.08 Å². The zero-order chi connectivity index (χ0) is 19.3. The molecule has 136 valence electrons. The van der Waals surface area contributed by atoms with Crippen molar-refractivity contribution in [3.8, 4) is 0 Å². The van der Waals surface area contributed by atoms with Crippen LogP contribution in [0.5, 0.6) is 0 Å². The van der Waals surface area contributed by atoms with Gasteiger partial charge in [-0.1, -0.05) is 56.5 Å². The molecule has 1 aromatic carbocycles. The summed E-state index contributed by atoms with van der Waals surface area (Å²) < 4.78 is 0. The van der Waals surface area contributed by atoms with Gasteiger partial charge in [-0.05, 0) is 39.3 Å². The average molecular weight is 481 g/mol. The van der Waals surface area contributed by atoms with E-state index in [1.807, 2.05) is 9.85 Å². The summed E-state index contributed by atoms with van der Waals surface area (Å²) in [5.41, 5.74) is 6.66. The van der Waals surface area contributed by atoms with E-state index in [1.54, 1.807) is 0 Å². The van der Waals surface area contributed by atoms with Crippen molar-refractivity contribution in [1.82, 2.24) is 0 Å². The Bertz CT molecular complexity index is 776. The second-order valence-electron chi connectivity index (χ2n) is 6.88. The van der Waals surface area contributed by atoms with Gasteiger partial charge in [0.05, 0.1) is 0 Å². The number of anilines is 1. The summed E-state index contributed by atoms with van der Waals surface area (Å²) in [6.45, 7) is 6.78. The number of rotatable bonds is 3. The van der Waals surface area contributed by atoms with E-state index in [0.717, 1.165) is 0 Å². The molecule has 0 amide bonds. The van der Waals surface area contributed by atoms with Gasteiger partial charge in [-0.2, -0.15) is 11.1 Å². The molecule has 5 heteroatoms. The van der Waals surface area contributed by atoms with Crippen molar-refractivity contribution >= 4 is 38.4 Å². The van der Waals surface area contributed by atoms with Gasteiger partial charge in [-0.25, -0.2) is 11.6 Å². The van der Waals surface area contributed by atoms with Crippen LogP contribution in [-0.4, -0.2) is 22.7 Å². The predicted octanol–water partition coefficient (Wildman–Crippen LogP) is 5.19. The molecule has 1 unspecified atom stereocenters. The van der Waals surface area contributed by atoms with E-state index >= 15 is 0 Å². The summed E-state index contributed by atoms with van der Waals surface area (Å²) in [6.07, 6.45) is 12.5. The molecule has 0 heterocycles. The van der Waals surface area contributed by atoms with Crippen LogP contribution in [0.25, 0.3) is 0 Å². The summed E-state index contributed by atoms with van der Waals surface area (Å²) in [6, 6.07) is 8.88. The van der Waals surface area contributed by atoms with Gasteiger partial charge in [0.15, 0.2) is 0 Å². The maximum atomic E-state index is 4.93. The third-order valence-corrected chi connectivity index (χ3v) is 5.69. The molecule has 0 saturated heterocycles. The molecule has 0 radical (unpaired) electrons. The fourth-order valence-electron chi connectivity index (χ4n) is 3.23. The monoisotopic (exact) mass is 478 g/mol. The fourth-order valence-corrected chi connectivity index (χ4v) is 3.44. The molecule has 0 bridgehead atoms. The number of nitrogens with zero attached hydrogens (tertiary/aromatic N) is 1. The number of hydrogen-bond donors (Lipinski definition) is 0. The zero-order valence-corrected chi connectivity index (χ0v) is 21.1. The zero-order valence-electron chi connectivity index (χ0n) is 15.7. The molecule has 0 aromatic heterocycles. The molecule has 2 aliphatic carbocycles. The van der Waals surface area contributed by atoms with Crippen molar-refractivity contribution < 1.29 is 20.8 Å². The Morgan fingerprint density at radius 1 is 1.19 bits per heavy atom. The van der Waals surface area contributed by atoms with Crippen LogP contribution < -0.4 is 4.90 Å². The standard InChI is InChI=1S/C21H24NSi.2ClH.Zr/c1-15-13-19-18(7-5-6-8-20(19)21(15,2)3)16-9-11-17(12-10-16)22(4)14-23;;;/h5-12,14,18H,23H2,1-4H3;2*1H;/q-1;;;+2/p-2. The first-order chi connectivity index (χ1) is 12.4. The molecule has 0 fully saturated rings. The Labute approximate surface area is 179 Å². The van der Waals surface area contributed by atoms with Gasteiger partial charge in [-0.3, -0.25) is 0 Å². The topological polar surface area (TPSA) is 3.24 Å². The van der Waals surface area contributed by atoms with Crippen LogP contribution in [0.4, 0.5) is 5.69 Å². The second-order valence-corrected chi connectivity index (χ2v) is 11.0. The van der Waals surface area contributed by atoms with Crippen LogP contribution in [0.3, 0.4) is 0 Å². The van der Waals surface area contributed by atoms with E-state index in [4.69, 9.17) is 17.0 Å². The summed E-state index contributed by atoms with van der Waals surface area (Å²) in [4.78, 5) is 2.15. The molecule has 0 N–H and O–H groups in total. The molecule has 0 saturated carbocycles. The minimum absolute atomic E-state index is 0.0777. The maximum absolute atomic E-state index is 4.93. The van der Waals surface area contributed by atoms with E-state index in [0.29, 0.717) is 0 Å². The van der Waals surface area contributed by atoms with E-state index in [2.05, 4.69) is 93.2 Å². The first-order valence-corrected chi connectivity index (χ1v) is 15.6. The molecule has 1 aromatic rings. The van der Waals surface area contributed by atoms with Crippen LogP contribution in [0.2, 0.25) is 0 Å². The Balaban J connectivity index is 0.000000758. The van der Waals surface area contributed by atoms with E-state index in [1.165, 1.54) is 28.0 Å². The number of halogens is 2. The van der Waals surface area contributed by atoms with Crippen LogP contribution in [0, 0.1) is 11.5 Å². The van der Waals surface area contributed by atoms with Crippen molar-refractivity contribution in [3.63, 3.8) is 0 Å². The summed E-state index contributed by atoms with van der Waals surface area (Å²) in [5, 5.41) is 0. The number of allylic oxidation sites excluding steroid dienone is 8. The van der Waals surface area contributed by atoms with Crippen molar-refractivity contribution in [3.05, 3.63) is 76.9 Å². The number of hydrogen-bond acceptors (Lipinski definition) is 1. The first kappa shape index (κ1) is 21.8. The molecule has 0 aliphatic heterocycles. The normalized spacial score (nSPS) is 19.8. The molecular formula is C21H24Cl2NSiZr-. The van der Waals surface area contributed by atoms with Gasteiger partial charge in [0.2, 0.25) is 0 Å². The van der Waals surface area contributed by atoms with Crippen LogP contribution in [0.1, 0.15) is 32.3 Å². The molecule has 3 rings (SSSR count). The van der Waals surface area contributed by atoms with Gasteiger partial charge >= 0.3 is 37.9 Å². The molecule has 26 heavy (non-hydrogen) atoms. The third-order valence-electron chi connectivity index (χ3n) is 5.15. The molecule has 1 nitrogen and oxygen atoms in total. The minimum atomic E-state index is -0.826. The first-order valence-electron chi connectivity index (χ1n) is 8.49. The molecule has 0 spiro atoms. The van der Waals surface area contributed by atoms with E-state index in [9.17, 15) is 0 Å². The molecule has 2 aliphatic rings. The molecular weight excluding hydrogens is 456 g/mol. The SMILES string of the molecule is CC1=[C-]C2=C(C=CC=CC2c2ccc(N(C)C=[SiH2])cc2)C1(C)C.[Cl][Zr][Cl]. The average Bonchev–Trinajstić information content (AvgIpc) is 2.78. The van der Waals surface area contributed by atoms with Gasteiger partial charge in [0.25, 0.3) is 0 Å².